The van der Waals surface area contributed by atoms with E-state index in [0.717, 1.165) is 5.56 Å². The van der Waals surface area contributed by atoms with Crippen LogP contribution < -0.4 is 10.6 Å². The number of nitrogens with one attached hydrogen (secondary N) is 2. The first-order valence-electron chi connectivity index (χ1n) is 7.47. The molecule has 0 bridgehead atoms. The van der Waals surface area contributed by atoms with E-state index >= 15 is 0 Å². The number of aromatic nitrogens is 1. The standard InChI is InChI=1S/C17H20ClN3O2S/c1-10-5-6-11(7-13(10)18)19-14(22)8-12-9-24-16(20-12)21-15(23)17(2,3)4/h5-7,9H,8H2,1-4H3,(H,19,22)(H,20,21,23). The molecule has 1 heterocycles. The second-order valence-electron chi connectivity index (χ2n) is 6.54. The van der Waals surface area contributed by atoms with Crippen LogP contribution in [0, 0.1) is 12.3 Å². The van der Waals surface area contributed by atoms with E-state index in [1.54, 1.807) is 17.5 Å². The molecule has 0 radical (unpaired) electrons. The Bertz CT molecular complexity index is 765. The van der Waals surface area contributed by atoms with Crippen molar-refractivity contribution in [3.05, 3.63) is 39.9 Å². The van der Waals surface area contributed by atoms with Crippen molar-refractivity contribution in [1.82, 2.24) is 4.98 Å². The fraction of sp³-hybridized carbons (Fsp3) is 0.353. The van der Waals surface area contributed by atoms with E-state index in [4.69, 9.17) is 11.6 Å². The summed E-state index contributed by atoms with van der Waals surface area (Å²) in [7, 11) is 0. The van der Waals surface area contributed by atoms with Gasteiger partial charge in [0, 0.05) is 21.5 Å². The number of thiazole rings is 1. The predicted molar refractivity (Wildman–Crippen MR) is 98.7 cm³/mol. The number of carbonyl (C=O) groups is 2. The zero-order chi connectivity index (χ0) is 17.9. The number of halogens is 1. The Labute approximate surface area is 150 Å². The van der Waals surface area contributed by atoms with Crippen LogP contribution in [-0.4, -0.2) is 16.8 Å². The summed E-state index contributed by atoms with van der Waals surface area (Å²) in [5.41, 5.74) is 1.72. The van der Waals surface area contributed by atoms with Crippen LogP contribution in [0.2, 0.25) is 5.02 Å². The first-order valence-corrected chi connectivity index (χ1v) is 8.73. The Kier molecular flexibility index (Phi) is 5.62. The van der Waals surface area contributed by atoms with E-state index in [2.05, 4.69) is 15.6 Å². The summed E-state index contributed by atoms with van der Waals surface area (Å²) in [4.78, 5) is 28.3. The van der Waals surface area contributed by atoms with Crippen LogP contribution in [0.25, 0.3) is 0 Å². The molecule has 0 aliphatic rings. The molecular formula is C17H20ClN3O2S. The van der Waals surface area contributed by atoms with E-state index in [1.165, 1.54) is 11.3 Å². The van der Waals surface area contributed by atoms with Gasteiger partial charge >= 0.3 is 0 Å². The normalized spacial score (nSPS) is 11.2. The molecule has 0 saturated heterocycles. The van der Waals surface area contributed by atoms with Crippen LogP contribution in [-0.2, 0) is 16.0 Å². The van der Waals surface area contributed by atoms with Crippen molar-refractivity contribution in [1.29, 1.82) is 0 Å². The van der Waals surface area contributed by atoms with Gasteiger partial charge < -0.3 is 10.6 Å². The van der Waals surface area contributed by atoms with Gasteiger partial charge in [0.2, 0.25) is 11.8 Å². The van der Waals surface area contributed by atoms with Crippen molar-refractivity contribution >= 4 is 45.6 Å². The molecule has 7 heteroatoms. The Hall–Kier alpha value is -1.92. The fourth-order valence-corrected chi connectivity index (χ4v) is 2.66. The molecule has 1 aromatic carbocycles. The second-order valence-corrected chi connectivity index (χ2v) is 7.80. The first-order chi connectivity index (χ1) is 11.1. The smallest absolute Gasteiger partial charge is 0.231 e. The molecule has 0 atom stereocenters. The number of anilines is 2. The van der Waals surface area contributed by atoms with E-state index in [-0.39, 0.29) is 18.2 Å². The minimum atomic E-state index is -0.492. The van der Waals surface area contributed by atoms with Crippen LogP contribution in [0.4, 0.5) is 10.8 Å². The molecule has 128 valence electrons. The van der Waals surface area contributed by atoms with Crippen LogP contribution in [0.1, 0.15) is 32.0 Å². The first kappa shape index (κ1) is 18.4. The lowest BCUT2D eigenvalue weighted by Gasteiger charge is -2.15. The highest BCUT2D eigenvalue weighted by Crippen LogP contribution is 2.22. The molecule has 0 aliphatic carbocycles. The van der Waals surface area contributed by atoms with Gasteiger partial charge in [-0.1, -0.05) is 38.4 Å². The largest absolute Gasteiger partial charge is 0.326 e. The van der Waals surface area contributed by atoms with Gasteiger partial charge in [-0.3, -0.25) is 9.59 Å². The Morgan fingerprint density at radius 1 is 1.25 bits per heavy atom. The second kappa shape index (κ2) is 7.32. The molecule has 2 aromatic rings. The monoisotopic (exact) mass is 365 g/mol. The molecular weight excluding hydrogens is 346 g/mol. The number of hydrogen-bond donors (Lipinski definition) is 2. The lowest BCUT2D eigenvalue weighted by Crippen LogP contribution is -2.27. The summed E-state index contributed by atoms with van der Waals surface area (Å²) in [6.45, 7) is 7.39. The number of hydrogen-bond acceptors (Lipinski definition) is 4. The van der Waals surface area contributed by atoms with Gasteiger partial charge in [-0.15, -0.1) is 11.3 Å². The summed E-state index contributed by atoms with van der Waals surface area (Å²) < 4.78 is 0. The maximum Gasteiger partial charge on any atom is 0.231 e. The van der Waals surface area contributed by atoms with Gasteiger partial charge in [0.1, 0.15) is 0 Å². The van der Waals surface area contributed by atoms with Gasteiger partial charge in [0.25, 0.3) is 0 Å². The van der Waals surface area contributed by atoms with Crippen molar-refractivity contribution in [3.63, 3.8) is 0 Å². The average Bonchev–Trinajstić information content (AvgIpc) is 2.89. The molecule has 2 amide bonds. The minimum Gasteiger partial charge on any atom is -0.326 e. The van der Waals surface area contributed by atoms with Gasteiger partial charge in [-0.25, -0.2) is 4.98 Å². The Morgan fingerprint density at radius 3 is 2.58 bits per heavy atom. The summed E-state index contributed by atoms with van der Waals surface area (Å²) in [5.74, 6) is -0.295. The molecule has 24 heavy (non-hydrogen) atoms. The topological polar surface area (TPSA) is 71.1 Å². The van der Waals surface area contributed by atoms with Gasteiger partial charge in [0.05, 0.1) is 12.1 Å². The van der Waals surface area contributed by atoms with E-state index in [1.807, 2.05) is 33.8 Å². The van der Waals surface area contributed by atoms with Crippen LogP contribution in [0.3, 0.4) is 0 Å². The molecule has 5 nitrogen and oxygen atoms in total. The highest BCUT2D eigenvalue weighted by Gasteiger charge is 2.22. The van der Waals surface area contributed by atoms with Gasteiger partial charge in [-0.2, -0.15) is 0 Å². The average molecular weight is 366 g/mol. The fourth-order valence-electron chi connectivity index (χ4n) is 1.77. The lowest BCUT2D eigenvalue weighted by atomic mass is 9.96. The Balaban J connectivity index is 1.95. The summed E-state index contributed by atoms with van der Waals surface area (Å²) >= 11 is 7.35. The lowest BCUT2D eigenvalue weighted by molar-refractivity contribution is -0.123. The third kappa shape index (κ3) is 5.04. The third-order valence-corrected chi connectivity index (χ3v) is 4.46. The highest BCUT2D eigenvalue weighted by atomic mass is 35.5. The number of nitrogens with zero attached hydrogens (tertiary/aromatic N) is 1. The molecule has 0 saturated carbocycles. The van der Waals surface area contributed by atoms with Crippen molar-refractivity contribution in [2.75, 3.05) is 10.6 Å². The minimum absolute atomic E-state index is 0.109. The van der Waals surface area contributed by atoms with E-state index in [9.17, 15) is 9.59 Å². The quantitative estimate of drug-likeness (QED) is 0.849. The van der Waals surface area contributed by atoms with Crippen molar-refractivity contribution < 1.29 is 9.59 Å². The molecule has 1 aromatic heterocycles. The van der Waals surface area contributed by atoms with Crippen molar-refractivity contribution in [2.24, 2.45) is 5.41 Å². The number of aryl methyl sites for hydroxylation is 1. The predicted octanol–water partition coefficient (Wildman–Crippen LogP) is 4.27. The maximum atomic E-state index is 12.1. The third-order valence-electron chi connectivity index (χ3n) is 3.25. The molecule has 0 spiro atoms. The van der Waals surface area contributed by atoms with Gasteiger partial charge in [0.15, 0.2) is 5.13 Å². The van der Waals surface area contributed by atoms with Crippen LogP contribution in [0.15, 0.2) is 23.6 Å². The van der Waals surface area contributed by atoms with E-state index < -0.39 is 5.41 Å². The number of amides is 2. The SMILES string of the molecule is Cc1ccc(NC(=O)Cc2csc(NC(=O)C(C)(C)C)n2)cc1Cl. The van der Waals surface area contributed by atoms with E-state index in [0.29, 0.717) is 21.5 Å². The highest BCUT2D eigenvalue weighted by molar-refractivity contribution is 7.13. The van der Waals surface area contributed by atoms with Gasteiger partial charge in [-0.05, 0) is 24.6 Å². The summed E-state index contributed by atoms with van der Waals surface area (Å²) in [6, 6.07) is 5.36. The molecule has 0 fully saturated rings. The molecule has 0 unspecified atom stereocenters. The zero-order valence-electron chi connectivity index (χ0n) is 14.1. The number of rotatable bonds is 4. The van der Waals surface area contributed by atoms with Crippen molar-refractivity contribution in [3.8, 4) is 0 Å². The zero-order valence-corrected chi connectivity index (χ0v) is 15.6. The number of carbonyl (C=O) groups excluding carboxylic acids is 2. The Morgan fingerprint density at radius 2 is 1.96 bits per heavy atom. The number of benzene rings is 1. The summed E-state index contributed by atoms with van der Waals surface area (Å²) in [6.07, 6.45) is 0.132. The molecule has 2 rings (SSSR count). The van der Waals surface area contributed by atoms with Crippen LogP contribution in [0.5, 0.6) is 0 Å². The molecule has 0 aliphatic heterocycles. The van der Waals surface area contributed by atoms with Crippen molar-refractivity contribution in [2.45, 2.75) is 34.1 Å². The summed E-state index contributed by atoms with van der Waals surface area (Å²) in [5, 5.41) is 8.41. The molecule has 2 N–H and O–H groups in total. The van der Waals surface area contributed by atoms with Crippen LogP contribution >= 0.6 is 22.9 Å². The maximum absolute atomic E-state index is 12.1.